The summed E-state index contributed by atoms with van der Waals surface area (Å²) in [5.41, 5.74) is 1.90. The molecule has 0 bridgehead atoms. The van der Waals surface area contributed by atoms with Crippen molar-refractivity contribution >= 4 is 40.6 Å². The van der Waals surface area contributed by atoms with Crippen LogP contribution in [0.25, 0.3) is 11.3 Å². The number of halogens is 2. The standard InChI is InChI=1S/C19H14Cl2N2O3/c1-10(24)12-5-3-6-13(9-12)22-19(25)16-11(2)26-23-18(16)17-14(20)7-4-8-15(17)21/h3-9H,1-2H3,(H,22,25). The summed E-state index contributed by atoms with van der Waals surface area (Å²) in [4.78, 5) is 24.3. The second kappa shape index (κ2) is 7.32. The normalized spacial score (nSPS) is 10.6. The van der Waals surface area contributed by atoms with Crippen LogP contribution in [-0.2, 0) is 0 Å². The number of benzene rings is 2. The smallest absolute Gasteiger partial charge is 0.261 e. The number of rotatable bonds is 4. The van der Waals surface area contributed by atoms with E-state index in [9.17, 15) is 9.59 Å². The highest BCUT2D eigenvalue weighted by molar-refractivity contribution is 6.39. The molecule has 0 unspecified atom stereocenters. The first-order valence-electron chi connectivity index (χ1n) is 7.71. The molecule has 1 amide bonds. The molecule has 0 atom stereocenters. The maximum atomic E-state index is 12.8. The van der Waals surface area contributed by atoms with Gasteiger partial charge >= 0.3 is 0 Å². The number of nitrogens with zero attached hydrogens (tertiary/aromatic N) is 1. The lowest BCUT2D eigenvalue weighted by Crippen LogP contribution is -2.14. The van der Waals surface area contributed by atoms with Crippen molar-refractivity contribution in [3.63, 3.8) is 0 Å². The number of carbonyl (C=O) groups excluding carboxylic acids is 2. The average molecular weight is 389 g/mol. The monoisotopic (exact) mass is 388 g/mol. The minimum absolute atomic E-state index is 0.0919. The molecule has 132 valence electrons. The predicted molar refractivity (Wildman–Crippen MR) is 101 cm³/mol. The highest BCUT2D eigenvalue weighted by Gasteiger charge is 2.25. The first-order valence-corrected chi connectivity index (χ1v) is 8.47. The first-order chi connectivity index (χ1) is 12.4. The molecule has 1 N–H and O–H groups in total. The number of hydrogen-bond acceptors (Lipinski definition) is 4. The van der Waals surface area contributed by atoms with Gasteiger partial charge in [0.2, 0.25) is 0 Å². The summed E-state index contributed by atoms with van der Waals surface area (Å²) in [5.74, 6) is -0.197. The molecule has 0 saturated heterocycles. The van der Waals surface area contributed by atoms with E-state index in [0.717, 1.165) is 0 Å². The number of hydrogen-bond donors (Lipinski definition) is 1. The maximum absolute atomic E-state index is 12.8. The number of amides is 1. The van der Waals surface area contributed by atoms with Gasteiger partial charge in [-0.2, -0.15) is 0 Å². The van der Waals surface area contributed by atoms with Crippen molar-refractivity contribution in [1.82, 2.24) is 5.16 Å². The van der Waals surface area contributed by atoms with Crippen molar-refractivity contribution in [1.29, 1.82) is 0 Å². The topological polar surface area (TPSA) is 72.2 Å². The van der Waals surface area contributed by atoms with Crippen LogP contribution in [0.1, 0.15) is 33.4 Å². The van der Waals surface area contributed by atoms with Gasteiger partial charge in [0.1, 0.15) is 17.0 Å². The summed E-state index contributed by atoms with van der Waals surface area (Å²) in [6.07, 6.45) is 0. The van der Waals surface area contributed by atoms with Gasteiger partial charge in [0, 0.05) is 16.8 Å². The molecular formula is C19H14Cl2N2O3. The van der Waals surface area contributed by atoms with Crippen LogP contribution in [0.5, 0.6) is 0 Å². The molecule has 3 rings (SSSR count). The van der Waals surface area contributed by atoms with E-state index in [4.69, 9.17) is 27.7 Å². The van der Waals surface area contributed by atoms with E-state index in [1.165, 1.54) is 6.92 Å². The van der Waals surface area contributed by atoms with Crippen molar-refractivity contribution in [2.75, 3.05) is 5.32 Å². The molecule has 0 fully saturated rings. The molecule has 0 spiro atoms. The highest BCUT2D eigenvalue weighted by atomic mass is 35.5. The largest absolute Gasteiger partial charge is 0.360 e. The number of ketones is 1. The summed E-state index contributed by atoms with van der Waals surface area (Å²) in [6, 6.07) is 11.7. The van der Waals surface area contributed by atoms with E-state index in [2.05, 4.69) is 10.5 Å². The third-order valence-electron chi connectivity index (χ3n) is 3.82. The van der Waals surface area contributed by atoms with E-state index in [0.29, 0.717) is 32.6 Å². The van der Waals surface area contributed by atoms with Gasteiger partial charge in [-0.3, -0.25) is 9.59 Å². The third kappa shape index (κ3) is 3.49. The van der Waals surface area contributed by atoms with E-state index in [1.54, 1.807) is 49.4 Å². The van der Waals surface area contributed by atoms with Crippen LogP contribution in [-0.4, -0.2) is 16.8 Å². The van der Waals surface area contributed by atoms with E-state index in [1.807, 2.05) is 0 Å². The molecule has 0 aliphatic heterocycles. The van der Waals surface area contributed by atoms with Crippen LogP contribution in [0, 0.1) is 6.92 Å². The summed E-state index contributed by atoms with van der Waals surface area (Å²) in [7, 11) is 0. The fourth-order valence-electron chi connectivity index (χ4n) is 2.54. The summed E-state index contributed by atoms with van der Waals surface area (Å²) in [6.45, 7) is 3.09. The molecule has 0 radical (unpaired) electrons. The molecule has 5 nitrogen and oxygen atoms in total. The minimum Gasteiger partial charge on any atom is -0.360 e. The quantitative estimate of drug-likeness (QED) is 0.606. The van der Waals surface area contributed by atoms with Crippen molar-refractivity contribution < 1.29 is 14.1 Å². The van der Waals surface area contributed by atoms with Crippen molar-refractivity contribution in [3.8, 4) is 11.3 Å². The number of nitrogens with one attached hydrogen (secondary N) is 1. The Kier molecular flexibility index (Phi) is 5.11. The zero-order chi connectivity index (χ0) is 18.8. The van der Waals surface area contributed by atoms with Gasteiger partial charge < -0.3 is 9.84 Å². The SMILES string of the molecule is CC(=O)c1cccc(NC(=O)c2c(-c3c(Cl)cccc3Cl)noc2C)c1. The molecule has 2 aromatic carbocycles. The molecular weight excluding hydrogens is 375 g/mol. The van der Waals surface area contributed by atoms with Gasteiger partial charge in [-0.25, -0.2) is 0 Å². The van der Waals surface area contributed by atoms with Gasteiger partial charge in [0.25, 0.3) is 5.91 Å². The summed E-state index contributed by atoms with van der Waals surface area (Å²) < 4.78 is 5.20. The number of aryl methyl sites for hydroxylation is 1. The van der Waals surface area contributed by atoms with Gasteiger partial charge in [-0.05, 0) is 38.1 Å². The zero-order valence-corrected chi connectivity index (χ0v) is 15.5. The van der Waals surface area contributed by atoms with E-state index in [-0.39, 0.29) is 17.0 Å². The Morgan fingerprint density at radius 2 is 1.73 bits per heavy atom. The Morgan fingerprint density at radius 3 is 2.38 bits per heavy atom. The molecule has 3 aromatic rings. The molecule has 0 aliphatic rings. The van der Waals surface area contributed by atoms with Crippen LogP contribution in [0.4, 0.5) is 5.69 Å². The predicted octanol–water partition coefficient (Wildman–Crippen LogP) is 5.41. The second-order valence-corrected chi connectivity index (χ2v) is 6.46. The van der Waals surface area contributed by atoms with Gasteiger partial charge in [-0.1, -0.05) is 46.6 Å². The first kappa shape index (κ1) is 18.2. The van der Waals surface area contributed by atoms with Crippen LogP contribution in [0.3, 0.4) is 0 Å². The van der Waals surface area contributed by atoms with Crippen LogP contribution in [0.2, 0.25) is 10.0 Å². The van der Waals surface area contributed by atoms with Crippen LogP contribution in [0.15, 0.2) is 47.0 Å². The second-order valence-electron chi connectivity index (χ2n) is 5.65. The van der Waals surface area contributed by atoms with E-state index < -0.39 is 5.91 Å². The molecule has 26 heavy (non-hydrogen) atoms. The molecule has 1 aromatic heterocycles. The van der Waals surface area contributed by atoms with Gasteiger partial charge in [-0.15, -0.1) is 0 Å². The average Bonchev–Trinajstić information content (AvgIpc) is 2.96. The Labute approximate surface area is 159 Å². The van der Waals surface area contributed by atoms with E-state index >= 15 is 0 Å². The molecule has 0 saturated carbocycles. The highest BCUT2D eigenvalue weighted by Crippen LogP contribution is 2.37. The number of Topliss-reactive ketones (excluding diaryl/α,β-unsaturated/α-hetero) is 1. The zero-order valence-electron chi connectivity index (χ0n) is 14.0. The van der Waals surface area contributed by atoms with Crippen molar-refractivity contribution in [2.45, 2.75) is 13.8 Å². The Hall–Kier alpha value is -2.63. The Balaban J connectivity index is 2.00. The maximum Gasteiger partial charge on any atom is 0.261 e. The van der Waals surface area contributed by atoms with Crippen molar-refractivity contribution in [2.24, 2.45) is 0 Å². The lowest BCUT2D eigenvalue weighted by Gasteiger charge is -2.08. The number of aromatic nitrogens is 1. The lowest BCUT2D eigenvalue weighted by atomic mass is 10.0. The van der Waals surface area contributed by atoms with Crippen molar-refractivity contribution in [3.05, 3.63) is 69.4 Å². The summed E-state index contributed by atoms with van der Waals surface area (Å²) >= 11 is 12.5. The number of carbonyl (C=O) groups is 2. The Bertz CT molecular complexity index is 992. The fourth-order valence-corrected chi connectivity index (χ4v) is 3.12. The third-order valence-corrected chi connectivity index (χ3v) is 4.45. The molecule has 1 heterocycles. The van der Waals surface area contributed by atoms with Crippen LogP contribution >= 0.6 is 23.2 Å². The van der Waals surface area contributed by atoms with Gasteiger partial charge in [0.05, 0.1) is 10.0 Å². The number of anilines is 1. The molecule has 0 aliphatic carbocycles. The Morgan fingerprint density at radius 1 is 1.08 bits per heavy atom. The van der Waals surface area contributed by atoms with Crippen LogP contribution < -0.4 is 5.32 Å². The molecule has 7 heteroatoms. The van der Waals surface area contributed by atoms with Gasteiger partial charge in [0.15, 0.2) is 5.78 Å². The summed E-state index contributed by atoms with van der Waals surface area (Å²) in [5, 5.41) is 7.43. The minimum atomic E-state index is -0.435. The lowest BCUT2D eigenvalue weighted by molar-refractivity contribution is 0.101. The fraction of sp³-hybridized carbons (Fsp3) is 0.105.